The fourth-order valence-corrected chi connectivity index (χ4v) is 3.16. The van der Waals surface area contributed by atoms with Gasteiger partial charge in [-0.1, -0.05) is 19.1 Å². The van der Waals surface area contributed by atoms with Gasteiger partial charge in [-0.2, -0.15) is 0 Å². The Morgan fingerprint density at radius 1 is 1.16 bits per heavy atom. The number of nitrogens with one attached hydrogen (secondary N) is 2. The van der Waals surface area contributed by atoms with Crippen molar-refractivity contribution in [3.8, 4) is 0 Å². The van der Waals surface area contributed by atoms with Crippen molar-refractivity contribution < 1.29 is 17.2 Å². The Balaban J connectivity index is 2.09. The van der Waals surface area contributed by atoms with Crippen LogP contribution in [0.1, 0.15) is 24.9 Å². The van der Waals surface area contributed by atoms with Crippen LogP contribution in [-0.4, -0.2) is 19.8 Å². The van der Waals surface area contributed by atoms with Gasteiger partial charge in [0.1, 0.15) is 11.6 Å². The summed E-state index contributed by atoms with van der Waals surface area (Å²) in [4.78, 5) is 0.236. The highest BCUT2D eigenvalue weighted by molar-refractivity contribution is 7.90. The molecule has 0 radical (unpaired) electrons. The Hall–Kier alpha value is -2.06. The molecule has 2 aromatic carbocycles. The van der Waals surface area contributed by atoms with Crippen LogP contribution in [0.15, 0.2) is 47.4 Å². The van der Waals surface area contributed by atoms with Crippen molar-refractivity contribution in [1.82, 2.24) is 5.32 Å². The molecular weight excluding hydrogens is 366 g/mol. The molecule has 0 saturated heterocycles. The van der Waals surface area contributed by atoms with Gasteiger partial charge in [0.2, 0.25) is 0 Å². The topological polar surface area (TPSA) is 58.2 Å². The van der Waals surface area contributed by atoms with Crippen molar-refractivity contribution in [3.05, 3.63) is 59.7 Å². The molecular formula is C17H18F2N2O2S2. The van der Waals surface area contributed by atoms with E-state index in [1.165, 1.54) is 18.2 Å². The van der Waals surface area contributed by atoms with Gasteiger partial charge in [-0.25, -0.2) is 17.2 Å². The smallest absolute Gasteiger partial charge is 0.175 e. The number of rotatable bonds is 5. The molecule has 0 spiro atoms. The summed E-state index contributed by atoms with van der Waals surface area (Å²) in [7, 11) is -3.25. The van der Waals surface area contributed by atoms with Crippen molar-refractivity contribution in [2.24, 2.45) is 0 Å². The molecule has 0 aliphatic heterocycles. The fourth-order valence-electron chi connectivity index (χ4n) is 2.28. The zero-order valence-corrected chi connectivity index (χ0v) is 15.3. The van der Waals surface area contributed by atoms with E-state index in [2.05, 4.69) is 10.6 Å². The molecule has 0 saturated carbocycles. The lowest BCUT2D eigenvalue weighted by Gasteiger charge is -2.20. The second-order valence-electron chi connectivity index (χ2n) is 5.52. The van der Waals surface area contributed by atoms with E-state index in [-0.39, 0.29) is 21.7 Å². The quantitative estimate of drug-likeness (QED) is 0.768. The molecule has 134 valence electrons. The van der Waals surface area contributed by atoms with Crippen molar-refractivity contribution in [2.45, 2.75) is 24.3 Å². The van der Waals surface area contributed by atoms with E-state index in [9.17, 15) is 17.2 Å². The summed E-state index contributed by atoms with van der Waals surface area (Å²) >= 11 is 5.18. The predicted octanol–water partition coefficient (Wildman–Crippen LogP) is 3.81. The molecule has 0 heterocycles. The molecule has 25 heavy (non-hydrogen) atoms. The summed E-state index contributed by atoms with van der Waals surface area (Å²) in [5.41, 5.74) is 0.916. The highest BCUT2D eigenvalue weighted by atomic mass is 32.2. The summed E-state index contributed by atoms with van der Waals surface area (Å²) in [5.74, 6) is -1.41. The summed E-state index contributed by atoms with van der Waals surface area (Å²) in [5, 5.41) is 5.92. The second kappa shape index (κ2) is 7.88. The molecule has 2 N–H and O–H groups in total. The normalized spacial score (nSPS) is 12.5. The van der Waals surface area contributed by atoms with Crippen LogP contribution in [0.3, 0.4) is 0 Å². The number of anilines is 1. The van der Waals surface area contributed by atoms with E-state index >= 15 is 0 Å². The molecule has 0 fully saturated rings. The van der Waals surface area contributed by atoms with Crippen LogP contribution in [0.25, 0.3) is 0 Å². The van der Waals surface area contributed by atoms with Crippen molar-refractivity contribution in [3.63, 3.8) is 0 Å². The van der Waals surface area contributed by atoms with Gasteiger partial charge in [-0.05, 0) is 48.5 Å². The van der Waals surface area contributed by atoms with E-state index in [0.717, 1.165) is 24.0 Å². The van der Waals surface area contributed by atoms with Crippen LogP contribution in [0.5, 0.6) is 0 Å². The maximum atomic E-state index is 13.7. The molecule has 0 aliphatic rings. The molecule has 2 aromatic rings. The molecule has 0 unspecified atom stereocenters. The predicted molar refractivity (Wildman–Crippen MR) is 98.3 cm³/mol. The number of benzene rings is 2. The van der Waals surface area contributed by atoms with Crippen LogP contribution in [0.4, 0.5) is 14.5 Å². The highest BCUT2D eigenvalue weighted by Gasteiger charge is 2.14. The monoisotopic (exact) mass is 384 g/mol. The minimum atomic E-state index is -3.25. The third-order valence-corrected chi connectivity index (χ3v) is 4.95. The molecule has 0 aliphatic carbocycles. The number of halogens is 2. The first-order valence-electron chi connectivity index (χ1n) is 7.53. The molecule has 1 atom stereocenters. The maximum Gasteiger partial charge on any atom is 0.175 e. The van der Waals surface area contributed by atoms with Gasteiger partial charge < -0.3 is 10.6 Å². The number of thiocarbonyl (C=S) groups is 1. The molecule has 4 nitrogen and oxygen atoms in total. The first kappa shape index (κ1) is 19.3. The van der Waals surface area contributed by atoms with Crippen LogP contribution in [-0.2, 0) is 9.84 Å². The van der Waals surface area contributed by atoms with Gasteiger partial charge in [-0.15, -0.1) is 0 Å². The van der Waals surface area contributed by atoms with E-state index in [1.807, 2.05) is 6.92 Å². The average molecular weight is 384 g/mol. The van der Waals surface area contributed by atoms with E-state index in [4.69, 9.17) is 12.2 Å². The Bertz CT molecular complexity index is 869. The van der Waals surface area contributed by atoms with Gasteiger partial charge in [0.15, 0.2) is 14.9 Å². The van der Waals surface area contributed by atoms with E-state index < -0.39 is 21.5 Å². The van der Waals surface area contributed by atoms with Gasteiger partial charge in [0.25, 0.3) is 0 Å². The SMILES string of the molecule is CC[C@@H](NC(=S)Nc1ccc(F)cc1F)c1ccc(S(C)(=O)=O)cc1. The lowest BCUT2D eigenvalue weighted by molar-refractivity contribution is 0.585. The van der Waals surface area contributed by atoms with Crippen molar-refractivity contribution >= 4 is 32.9 Å². The van der Waals surface area contributed by atoms with Crippen LogP contribution in [0.2, 0.25) is 0 Å². The molecule has 2 rings (SSSR count). The first-order chi connectivity index (χ1) is 11.7. The molecule has 0 aromatic heterocycles. The third-order valence-electron chi connectivity index (χ3n) is 3.60. The average Bonchev–Trinajstić information content (AvgIpc) is 2.54. The lowest BCUT2D eigenvalue weighted by Crippen LogP contribution is -2.32. The standard InChI is InChI=1S/C17H18F2N2O2S2/c1-3-15(11-4-7-13(8-5-11)25(2,22)23)20-17(24)21-16-9-6-12(18)10-14(16)19/h4-10,15H,3H2,1-2H3,(H2,20,21,24)/t15-/m1/s1. The Morgan fingerprint density at radius 2 is 1.80 bits per heavy atom. The molecule has 0 bridgehead atoms. The van der Waals surface area contributed by atoms with E-state index in [0.29, 0.717) is 6.42 Å². The highest BCUT2D eigenvalue weighted by Crippen LogP contribution is 2.20. The lowest BCUT2D eigenvalue weighted by atomic mass is 10.1. The van der Waals surface area contributed by atoms with Gasteiger partial charge in [-0.3, -0.25) is 0 Å². The minimum absolute atomic E-state index is 0.0705. The summed E-state index contributed by atoms with van der Waals surface area (Å²) in [6.45, 7) is 1.93. The van der Waals surface area contributed by atoms with Crippen LogP contribution in [0, 0.1) is 11.6 Å². The summed E-state index contributed by atoms with van der Waals surface area (Å²) < 4.78 is 49.6. The summed E-state index contributed by atoms with van der Waals surface area (Å²) in [6.07, 6.45) is 1.82. The number of sulfone groups is 1. The third kappa shape index (κ3) is 5.20. The van der Waals surface area contributed by atoms with Crippen molar-refractivity contribution in [1.29, 1.82) is 0 Å². The van der Waals surface area contributed by atoms with Crippen LogP contribution >= 0.6 is 12.2 Å². The molecule has 8 heteroatoms. The van der Waals surface area contributed by atoms with Gasteiger partial charge >= 0.3 is 0 Å². The van der Waals surface area contributed by atoms with Gasteiger partial charge in [0, 0.05) is 12.3 Å². The fraction of sp³-hybridized carbons (Fsp3) is 0.235. The van der Waals surface area contributed by atoms with Crippen molar-refractivity contribution in [2.75, 3.05) is 11.6 Å². The van der Waals surface area contributed by atoms with Gasteiger partial charge in [0.05, 0.1) is 16.6 Å². The summed E-state index contributed by atoms with van der Waals surface area (Å²) in [6, 6.07) is 9.47. The second-order valence-corrected chi connectivity index (χ2v) is 7.95. The largest absolute Gasteiger partial charge is 0.356 e. The maximum absolute atomic E-state index is 13.7. The first-order valence-corrected chi connectivity index (χ1v) is 9.83. The number of hydrogen-bond donors (Lipinski definition) is 2. The Kier molecular flexibility index (Phi) is 6.07. The Labute approximate surface area is 151 Å². The zero-order chi connectivity index (χ0) is 18.6. The van der Waals surface area contributed by atoms with E-state index in [1.54, 1.807) is 12.1 Å². The Morgan fingerprint density at radius 3 is 2.32 bits per heavy atom. The molecule has 0 amide bonds. The minimum Gasteiger partial charge on any atom is -0.356 e. The zero-order valence-electron chi connectivity index (χ0n) is 13.7. The number of hydrogen-bond acceptors (Lipinski definition) is 3. The van der Waals surface area contributed by atoms with Crippen LogP contribution < -0.4 is 10.6 Å².